The van der Waals surface area contributed by atoms with Gasteiger partial charge in [-0.25, -0.2) is 9.37 Å². The van der Waals surface area contributed by atoms with Crippen molar-refractivity contribution in [2.24, 2.45) is 7.05 Å². The minimum absolute atomic E-state index is 0.0849. The molecule has 0 saturated heterocycles. The molecule has 28 heavy (non-hydrogen) atoms. The minimum atomic E-state index is -0.495. The fourth-order valence-corrected chi connectivity index (χ4v) is 3.07. The fraction of sp³-hybridized carbons (Fsp3) is 0.250. The normalized spacial score (nSPS) is 11.2. The number of nitrogens with zero attached hydrogens (tertiary/aromatic N) is 4. The lowest BCUT2D eigenvalue weighted by Crippen LogP contribution is -2.08. The number of ether oxygens (including phenoxy) is 2. The van der Waals surface area contributed by atoms with Crippen molar-refractivity contribution >= 4 is 33.4 Å². The zero-order chi connectivity index (χ0) is 19.3. The summed E-state index contributed by atoms with van der Waals surface area (Å²) in [4.78, 5) is 13.1. The number of fused-ring (bicyclic) bond motifs is 3. The molecule has 7 nitrogen and oxygen atoms in total. The highest BCUT2D eigenvalue weighted by Gasteiger charge is 2.10. The Bertz CT molecular complexity index is 1100. The van der Waals surface area contributed by atoms with Crippen molar-refractivity contribution < 1.29 is 13.9 Å². The number of aromatic nitrogens is 4. The summed E-state index contributed by atoms with van der Waals surface area (Å²) < 4.78 is 24.7. The van der Waals surface area contributed by atoms with E-state index in [1.165, 1.54) is 0 Å². The van der Waals surface area contributed by atoms with Gasteiger partial charge in [0.05, 0.1) is 36.8 Å². The Morgan fingerprint density at radius 2 is 1.96 bits per heavy atom. The molecule has 0 bridgehead atoms. The van der Waals surface area contributed by atoms with Gasteiger partial charge in [0, 0.05) is 36.3 Å². The van der Waals surface area contributed by atoms with E-state index in [4.69, 9.17) is 14.5 Å². The molecule has 0 fully saturated rings. The van der Waals surface area contributed by atoms with Crippen LogP contribution in [0.2, 0.25) is 0 Å². The zero-order valence-electron chi connectivity index (χ0n) is 15.4. The van der Waals surface area contributed by atoms with Crippen LogP contribution >= 0.6 is 0 Å². The summed E-state index contributed by atoms with van der Waals surface area (Å²) in [5, 5.41) is 5.39. The van der Waals surface area contributed by atoms with Gasteiger partial charge in [0.25, 0.3) is 0 Å². The number of alkyl halides is 1. The molecule has 0 radical (unpaired) electrons. The molecule has 4 heterocycles. The second kappa shape index (κ2) is 8.18. The van der Waals surface area contributed by atoms with Gasteiger partial charge in [0.2, 0.25) is 0 Å². The summed E-state index contributed by atoms with van der Waals surface area (Å²) in [5.41, 5.74) is 2.72. The van der Waals surface area contributed by atoms with Gasteiger partial charge in [-0.1, -0.05) is 0 Å². The number of halogens is 1. The van der Waals surface area contributed by atoms with Gasteiger partial charge in [-0.15, -0.1) is 0 Å². The van der Waals surface area contributed by atoms with Gasteiger partial charge in [0.15, 0.2) is 0 Å². The molecule has 1 N–H and O–H groups in total. The smallest absolute Gasteiger partial charge is 0.143 e. The molecular formula is C20H20FN5O2. The summed E-state index contributed by atoms with van der Waals surface area (Å²) in [6.07, 6.45) is 6.95. The van der Waals surface area contributed by atoms with Crippen LogP contribution in [0.1, 0.15) is 0 Å². The molecule has 0 atom stereocenters. The van der Waals surface area contributed by atoms with Crippen molar-refractivity contribution in [2.75, 3.05) is 31.8 Å². The molecular weight excluding hydrogens is 361 g/mol. The van der Waals surface area contributed by atoms with Crippen molar-refractivity contribution in [3.63, 3.8) is 0 Å². The third-order valence-corrected chi connectivity index (χ3v) is 4.35. The minimum Gasteiger partial charge on any atom is -0.489 e. The predicted molar refractivity (Wildman–Crippen MR) is 106 cm³/mol. The highest BCUT2D eigenvalue weighted by molar-refractivity contribution is 6.06. The Morgan fingerprint density at radius 1 is 1.04 bits per heavy atom. The highest BCUT2D eigenvalue weighted by atomic mass is 19.1. The van der Waals surface area contributed by atoms with Gasteiger partial charge in [-0.2, -0.15) is 0 Å². The molecule has 0 amide bonds. The fourth-order valence-electron chi connectivity index (χ4n) is 3.07. The summed E-state index contributed by atoms with van der Waals surface area (Å²) >= 11 is 0. The first kappa shape index (κ1) is 18.1. The number of hydrogen-bond acceptors (Lipinski definition) is 6. The topological polar surface area (TPSA) is 74.1 Å². The molecule has 0 spiro atoms. The van der Waals surface area contributed by atoms with Crippen LogP contribution in [0.4, 0.5) is 15.9 Å². The number of pyridine rings is 3. The van der Waals surface area contributed by atoms with Crippen molar-refractivity contribution in [1.82, 2.24) is 19.5 Å². The maximum Gasteiger partial charge on any atom is 0.143 e. The second-order valence-corrected chi connectivity index (χ2v) is 6.20. The largest absolute Gasteiger partial charge is 0.489 e. The van der Waals surface area contributed by atoms with E-state index in [-0.39, 0.29) is 6.61 Å². The van der Waals surface area contributed by atoms with E-state index in [0.717, 1.165) is 27.6 Å². The molecule has 0 aliphatic heterocycles. The lowest BCUT2D eigenvalue weighted by atomic mass is 10.2. The molecule has 0 aliphatic carbocycles. The molecule has 8 heteroatoms. The Morgan fingerprint density at radius 3 is 2.86 bits per heavy atom. The molecule has 0 aromatic carbocycles. The number of rotatable bonds is 8. The summed E-state index contributed by atoms with van der Waals surface area (Å²) in [5.74, 6) is 1.31. The maximum absolute atomic E-state index is 12.0. The average molecular weight is 381 g/mol. The van der Waals surface area contributed by atoms with Crippen LogP contribution in [0.3, 0.4) is 0 Å². The third-order valence-electron chi connectivity index (χ3n) is 4.35. The molecule has 4 aromatic heterocycles. The van der Waals surface area contributed by atoms with Gasteiger partial charge < -0.3 is 19.4 Å². The lowest BCUT2D eigenvalue weighted by Gasteiger charge is -2.09. The first-order valence-corrected chi connectivity index (χ1v) is 8.94. The van der Waals surface area contributed by atoms with Gasteiger partial charge in [-0.05, 0) is 18.2 Å². The van der Waals surface area contributed by atoms with Crippen LogP contribution in [0, 0.1) is 0 Å². The molecule has 4 aromatic rings. The van der Waals surface area contributed by atoms with Crippen molar-refractivity contribution in [3.8, 4) is 5.75 Å². The van der Waals surface area contributed by atoms with Gasteiger partial charge in [-0.3, -0.25) is 9.97 Å². The van der Waals surface area contributed by atoms with E-state index in [2.05, 4.69) is 15.3 Å². The average Bonchev–Trinajstić information content (AvgIpc) is 3.00. The summed E-state index contributed by atoms with van der Waals surface area (Å²) in [6.45, 7) is 0.252. The van der Waals surface area contributed by atoms with Crippen LogP contribution in [0.15, 0.2) is 49.1 Å². The SMILES string of the molecule is Cn1c2ccncc2c2ccc(Nc3cncc(OCCOCCF)c3)nc21. The summed E-state index contributed by atoms with van der Waals surface area (Å²) in [6, 6.07) is 7.77. The maximum atomic E-state index is 12.0. The van der Waals surface area contributed by atoms with Crippen molar-refractivity contribution in [2.45, 2.75) is 0 Å². The number of nitrogens with one attached hydrogen (secondary N) is 1. The monoisotopic (exact) mass is 381 g/mol. The number of aryl methyl sites for hydroxylation is 1. The van der Waals surface area contributed by atoms with Crippen LogP contribution in [0.5, 0.6) is 5.75 Å². The van der Waals surface area contributed by atoms with E-state index in [1.807, 2.05) is 42.1 Å². The Labute approximate surface area is 161 Å². The Balaban J connectivity index is 1.51. The van der Waals surface area contributed by atoms with E-state index in [0.29, 0.717) is 24.8 Å². The molecule has 4 rings (SSSR count). The number of hydrogen-bond donors (Lipinski definition) is 1. The second-order valence-electron chi connectivity index (χ2n) is 6.20. The quantitative estimate of drug-likeness (QED) is 0.470. The van der Waals surface area contributed by atoms with E-state index >= 15 is 0 Å². The van der Waals surface area contributed by atoms with Crippen molar-refractivity contribution in [1.29, 1.82) is 0 Å². The Hall–Kier alpha value is -3.26. The first-order valence-electron chi connectivity index (χ1n) is 8.94. The van der Waals surface area contributed by atoms with Gasteiger partial charge in [0.1, 0.15) is 30.5 Å². The van der Waals surface area contributed by atoms with Crippen LogP contribution < -0.4 is 10.1 Å². The molecule has 0 aliphatic rings. The van der Waals surface area contributed by atoms with Crippen molar-refractivity contribution in [3.05, 3.63) is 49.1 Å². The molecule has 144 valence electrons. The predicted octanol–water partition coefficient (Wildman–Crippen LogP) is 3.63. The van der Waals surface area contributed by atoms with Crippen LogP contribution in [-0.4, -0.2) is 46.0 Å². The molecule has 0 unspecified atom stereocenters. The van der Waals surface area contributed by atoms with Crippen LogP contribution in [-0.2, 0) is 11.8 Å². The van der Waals surface area contributed by atoms with Crippen LogP contribution in [0.25, 0.3) is 21.9 Å². The van der Waals surface area contributed by atoms with E-state index in [1.54, 1.807) is 18.6 Å². The third kappa shape index (κ3) is 3.72. The summed E-state index contributed by atoms with van der Waals surface area (Å²) in [7, 11) is 1.99. The highest BCUT2D eigenvalue weighted by Crippen LogP contribution is 2.28. The van der Waals surface area contributed by atoms with E-state index in [9.17, 15) is 4.39 Å². The van der Waals surface area contributed by atoms with Gasteiger partial charge >= 0.3 is 0 Å². The number of anilines is 2. The Kier molecular flexibility index (Phi) is 5.29. The zero-order valence-corrected chi connectivity index (χ0v) is 15.4. The molecule has 0 saturated carbocycles. The standard InChI is InChI=1S/C20H20FN5O2/c1-26-18-4-6-22-13-17(18)16-2-3-19(25-20(16)26)24-14-10-15(12-23-11-14)28-9-8-27-7-5-21/h2-4,6,10-13H,5,7-9H2,1H3,(H,24,25). The first-order chi connectivity index (χ1) is 13.8. The van der Waals surface area contributed by atoms with E-state index < -0.39 is 6.67 Å². The lowest BCUT2D eigenvalue weighted by molar-refractivity contribution is 0.0896.